The SMILES string of the molecule is COCCOC(=O)C1C(C)=NC2=C(C(=O)CCC2)[C@H]1c1ccsc1. The Balaban J connectivity index is 1.98. The zero-order chi connectivity index (χ0) is 17.1. The number of rotatable bonds is 5. The van der Waals surface area contributed by atoms with Crippen LogP contribution in [0.2, 0.25) is 0 Å². The number of hydrogen-bond acceptors (Lipinski definition) is 6. The van der Waals surface area contributed by atoms with Gasteiger partial charge in [-0.2, -0.15) is 11.3 Å². The van der Waals surface area contributed by atoms with Gasteiger partial charge in [0.25, 0.3) is 0 Å². The molecule has 0 radical (unpaired) electrons. The third kappa shape index (κ3) is 3.21. The van der Waals surface area contributed by atoms with Crippen molar-refractivity contribution in [2.24, 2.45) is 10.9 Å². The van der Waals surface area contributed by atoms with Crippen molar-refractivity contribution in [3.8, 4) is 0 Å². The predicted molar refractivity (Wildman–Crippen MR) is 92.4 cm³/mol. The number of methoxy groups -OCH3 is 1. The summed E-state index contributed by atoms with van der Waals surface area (Å²) in [5, 5.41) is 3.97. The van der Waals surface area contributed by atoms with Gasteiger partial charge in [0.05, 0.1) is 6.61 Å². The minimum absolute atomic E-state index is 0.110. The third-order valence-electron chi connectivity index (χ3n) is 4.52. The van der Waals surface area contributed by atoms with Crippen molar-refractivity contribution >= 4 is 28.8 Å². The molecular formula is C18H21NO4S. The number of carbonyl (C=O) groups is 2. The molecule has 2 atom stereocenters. The van der Waals surface area contributed by atoms with Crippen molar-refractivity contribution in [1.82, 2.24) is 0 Å². The van der Waals surface area contributed by atoms with Crippen LogP contribution in [0, 0.1) is 5.92 Å². The molecule has 1 aliphatic heterocycles. The van der Waals surface area contributed by atoms with Crippen LogP contribution in [0.5, 0.6) is 0 Å². The lowest BCUT2D eigenvalue weighted by atomic mass is 9.72. The van der Waals surface area contributed by atoms with Crippen molar-refractivity contribution < 1.29 is 19.1 Å². The van der Waals surface area contributed by atoms with E-state index in [0.29, 0.717) is 18.6 Å². The van der Waals surface area contributed by atoms with E-state index in [1.54, 1.807) is 18.4 Å². The fourth-order valence-corrected chi connectivity index (χ4v) is 4.14. The summed E-state index contributed by atoms with van der Waals surface area (Å²) in [6.07, 6.45) is 2.15. The summed E-state index contributed by atoms with van der Waals surface area (Å²) in [5.41, 5.74) is 3.27. The number of allylic oxidation sites excluding steroid dienone is 2. The van der Waals surface area contributed by atoms with Crippen LogP contribution < -0.4 is 0 Å². The molecule has 24 heavy (non-hydrogen) atoms. The summed E-state index contributed by atoms with van der Waals surface area (Å²) >= 11 is 1.56. The third-order valence-corrected chi connectivity index (χ3v) is 5.22. The molecule has 1 unspecified atom stereocenters. The summed E-state index contributed by atoms with van der Waals surface area (Å²) in [6, 6.07) is 1.98. The summed E-state index contributed by atoms with van der Waals surface area (Å²) in [6.45, 7) is 2.41. The van der Waals surface area contributed by atoms with E-state index in [-0.39, 0.29) is 24.3 Å². The minimum atomic E-state index is -0.544. The number of thiophene rings is 1. The summed E-state index contributed by atoms with van der Waals surface area (Å²) in [7, 11) is 1.56. The first-order valence-electron chi connectivity index (χ1n) is 8.12. The Kier molecular flexibility index (Phi) is 5.26. The van der Waals surface area contributed by atoms with E-state index in [0.717, 1.165) is 29.8 Å². The van der Waals surface area contributed by atoms with Crippen LogP contribution in [0.25, 0.3) is 0 Å². The topological polar surface area (TPSA) is 65.0 Å². The minimum Gasteiger partial charge on any atom is -0.463 e. The molecule has 0 amide bonds. The van der Waals surface area contributed by atoms with Crippen LogP contribution >= 0.6 is 11.3 Å². The van der Waals surface area contributed by atoms with Gasteiger partial charge >= 0.3 is 5.97 Å². The number of ketones is 1. The maximum atomic E-state index is 12.7. The summed E-state index contributed by atoms with van der Waals surface area (Å²) in [4.78, 5) is 29.8. The van der Waals surface area contributed by atoms with E-state index in [4.69, 9.17) is 9.47 Å². The molecule has 5 nitrogen and oxygen atoms in total. The number of nitrogens with zero attached hydrogens (tertiary/aromatic N) is 1. The van der Waals surface area contributed by atoms with Gasteiger partial charge in [0, 0.05) is 36.4 Å². The quantitative estimate of drug-likeness (QED) is 0.606. The molecule has 6 heteroatoms. The van der Waals surface area contributed by atoms with Gasteiger partial charge in [0.15, 0.2) is 5.78 Å². The van der Waals surface area contributed by atoms with E-state index in [1.807, 2.05) is 23.8 Å². The van der Waals surface area contributed by atoms with Crippen LogP contribution in [0.1, 0.15) is 37.7 Å². The monoisotopic (exact) mass is 347 g/mol. The molecule has 0 aromatic carbocycles. The average molecular weight is 347 g/mol. The van der Waals surface area contributed by atoms with Gasteiger partial charge < -0.3 is 9.47 Å². The number of hydrogen-bond donors (Lipinski definition) is 0. The lowest BCUT2D eigenvalue weighted by Gasteiger charge is -2.33. The lowest BCUT2D eigenvalue weighted by Crippen LogP contribution is -2.37. The molecule has 2 heterocycles. The first-order chi connectivity index (χ1) is 11.6. The van der Waals surface area contributed by atoms with Crippen LogP contribution in [-0.2, 0) is 19.1 Å². The van der Waals surface area contributed by atoms with E-state index >= 15 is 0 Å². The molecule has 1 aromatic heterocycles. The maximum absolute atomic E-state index is 12.7. The largest absolute Gasteiger partial charge is 0.463 e. The highest BCUT2D eigenvalue weighted by Crippen LogP contribution is 2.44. The molecule has 1 aliphatic carbocycles. The second-order valence-corrected chi connectivity index (χ2v) is 6.84. The van der Waals surface area contributed by atoms with E-state index in [9.17, 15) is 9.59 Å². The van der Waals surface area contributed by atoms with Gasteiger partial charge in [0.2, 0.25) is 0 Å². The standard InChI is InChI=1S/C18H21NO4S/c1-11-15(18(21)23-8-7-22-2)16(12-6-9-24-10-12)17-13(19-11)4-3-5-14(17)20/h6,9-10,15-16H,3-5,7-8H2,1-2H3/t15?,16-/m0/s1. The second kappa shape index (κ2) is 7.40. The highest BCUT2D eigenvalue weighted by atomic mass is 32.1. The Morgan fingerprint density at radius 3 is 2.92 bits per heavy atom. The van der Waals surface area contributed by atoms with E-state index < -0.39 is 5.92 Å². The van der Waals surface area contributed by atoms with Crippen molar-refractivity contribution in [3.05, 3.63) is 33.7 Å². The van der Waals surface area contributed by atoms with Crippen LogP contribution in [0.4, 0.5) is 0 Å². The van der Waals surface area contributed by atoms with Crippen molar-refractivity contribution in [2.45, 2.75) is 32.1 Å². The molecule has 0 N–H and O–H groups in total. The maximum Gasteiger partial charge on any atom is 0.315 e. The molecule has 2 aliphatic rings. The molecule has 0 fully saturated rings. The molecule has 1 aromatic rings. The first-order valence-corrected chi connectivity index (χ1v) is 9.07. The Morgan fingerprint density at radius 1 is 1.38 bits per heavy atom. The van der Waals surface area contributed by atoms with Gasteiger partial charge in [-0.05, 0) is 42.2 Å². The number of carbonyl (C=O) groups excluding carboxylic acids is 2. The highest BCUT2D eigenvalue weighted by molar-refractivity contribution is 7.08. The fourth-order valence-electron chi connectivity index (χ4n) is 3.44. The average Bonchev–Trinajstić information content (AvgIpc) is 3.08. The molecule has 3 rings (SSSR count). The zero-order valence-corrected chi connectivity index (χ0v) is 14.7. The van der Waals surface area contributed by atoms with E-state index in [1.165, 1.54) is 0 Å². The predicted octanol–water partition coefficient (Wildman–Crippen LogP) is 3.12. The van der Waals surface area contributed by atoms with Crippen LogP contribution in [0.3, 0.4) is 0 Å². The second-order valence-electron chi connectivity index (χ2n) is 6.06. The van der Waals surface area contributed by atoms with Crippen LogP contribution in [0.15, 0.2) is 33.1 Å². The summed E-state index contributed by atoms with van der Waals surface area (Å²) in [5.74, 6) is -1.06. The number of ether oxygens (including phenoxy) is 2. The summed E-state index contributed by atoms with van der Waals surface area (Å²) < 4.78 is 10.3. The fraction of sp³-hybridized carbons (Fsp3) is 0.500. The molecule has 0 saturated carbocycles. The zero-order valence-electron chi connectivity index (χ0n) is 13.9. The van der Waals surface area contributed by atoms with Gasteiger partial charge in [0.1, 0.15) is 12.5 Å². The Bertz CT molecular complexity index is 690. The molecule has 128 valence electrons. The van der Waals surface area contributed by atoms with Crippen molar-refractivity contribution in [2.75, 3.05) is 20.3 Å². The van der Waals surface area contributed by atoms with Gasteiger partial charge in [-0.25, -0.2) is 0 Å². The number of esters is 1. The number of aliphatic imine (C=N–C) groups is 1. The number of Topliss-reactive ketones (excluding diaryl/α,β-unsaturated/α-hetero) is 1. The Labute approximate surface area is 145 Å². The first kappa shape index (κ1) is 17.0. The lowest BCUT2D eigenvalue weighted by molar-refractivity contribution is -0.147. The normalized spacial score (nSPS) is 23.8. The van der Waals surface area contributed by atoms with Gasteiger partial charge in [-0.1, -0.05) is 0 Å². The molecule has 0 spiro atoms. The van der Waals surface area contributed by atoms with Crippen LogP contribution in [-0.4, -0.2) is 37.8 Å². The van der Waals surface area contributed by atoms with Crippen molar-refractivity contribution in [1.29, 1.82) is 0 Å². The molecule has 0 saturated heterocycles. The Morgan fingerprint density at radius 2 is 2.21 bits per heavy atom. The van der Waals surface area contributed by atoms with Gasteiger partial charge in [-0.3, -0.25) is 14.6 Å². The smallest absolute Gasteiger partial charge is 0.315 e. The highest BCUT2D eigenvalue weighted by Gasteiger charge is 2.43. The Hall–Kier alpha value is -1.79. The molecular weight excluding hydrogens is 326 g/mol. The van der Waals surface area contributed by atoms with Crippen molar-refractivity contribution in [3.63, 3.8) is 0 Å². The molecule has 0 bridgehead atoms. The van der Waals surface area contributed by atoms with E-state index in [2.05, 4.69) is 4.99 Å². The van der Waals surface area contributed by atoms with Gasteiger partial charge in [-0.15, -0.1) is 0 Å².